The van der Waals surface area contributed by atoms with E-state index in [9.17, 15) is 24.4 Å². The molecule has 18 heteroatoms. The van der Waals surface area contributed by atoms with Crippen LogP contribution in [0, 0.1) is 5.92 Å². The van der Waals surface area contributed by atoms with Crippen molar-refractivity contribution in [3.63, 3.8) is 0 Å². The molecular formula is C23H35N6O11P. The van der Waals surface area contributed by atoms with Crippen LogP contribution < -0.4 is 15.6 Å². The van der Waals surface area contributed by atoms with Gasteiger partial charge in [-0.25, -0.2) is 19.4 Å². The number of esters is 2. The summed E-state index contributed by atoms with van der Waals surface area (Å²) in [6, 6.07) is -1.17. The topological polar surface area (TPSA) is 229 Å². The number of nitrogen functional groups attached to an aromatic ring is 1. The van der Waals surface area contributed by atoms with Crippen LogP contribution in [0.1, 0.15) is 40.8 Å². The number of methoxy groups -OCH3 is 1. The normalized spacial score (nSPS) is 29.1. The Hall–Kier alpha value is -2.92. The number of carbonyl (C=O) groups is 2. The summed E-state index contributed by atoms with van der Waals surface area (Å²) in [6.45, 7) is 7.50. The number of nitrogens with zero attached hydrogens (tertiary/aromatic N) is 4. The van der Waals surface area contributed by atoms with Crippen LogP contribution in [0.15, 0.2) is 6.33 Å². The van der Waals surface area contributed by atoms with Gasteiger partial charge in [0.2, 0.25) is 11.8 Å². The van der Waals surface area contributed by atoms with Crippen LogP contribution in [0.4, 0.5) is 5.95 Å². The minimum Gasteiger partial charge on any atom is -0.476 e. The summed E-state index contributed by atoms with van der Waals surface area (Å²) in [5, 5.41) is 25.5. The molecular weight excluding hydrogens is 567 g/mol. The molecule has 1 saturated carbocycles. The van der Waals surface area contributed by atoms with E-state index in [-0.39, 0.29) is 36.2 Å². The summed E-state index contributed by atoms with van der Waals surface area (Å²) >= 11 is 0. The molecule has 41 heavy (non-hydrogen) atoms. The molecule has 1 aliphatic carbocycles. The van der Waals surface area contributed by atoms with Crippen molar-refractivity contribution < 1.29 is 52.4 Å². The lowest BCUT2D eigenvalue weighted by atomic mass is 9.95. The molecule has 2 fully saturated rings. The lowest BCUT2D eigenvalue weighted by Crippen LogP contribution is -2.49. The molecule has 1 aliphatic heterocycles. The van der Waals surface area contributed by atoms with Gasteiger partial charge >= 0.3 is 19.7 Å². The van der Waals surface area contributed by atoms with Crippen LogP contribution in [0.25, 0.3) is 11.2 Å². The lowest BCUT2D eigenvalue weighted by molar-refractivity contribution is -0.156. The summed E-state index contributed by atoms with van der Waals surface area (Å²) in [5.74, 6) is -2.02. The number of nitrogens with two attached hydrogens (primary N) is 1. The number of anilines is 1. The Morgan fingerprint density at radius 1 is 1.27 bits per heavy atom. The Kier molecular flexibility index (Phi) is 8.62. The second kappa shape index (κ2) is 11.4. The van der Waals surface area contributed by atoms with E-state index >= 15 is 0 Å². The zero-order chi connectivity index (χ0) is 30.3. The summed E-state index contributed by atoms with van der Waals surface area (Å²) in [5.41, 5.74) is 2.10. The van der Waals surface area contributed by atoms with Crippen molar-refractivity contribution >= 4 is 36.8 Å². The van der Waals surface area contributed by atoms with E-state index in [1.54, 1.807) is 27.7 Å². The number of aromatic nitrogens is 4. The minimum atomic E-state index is -4.54. The second-order valence-corrected chi connectivity index (χ2v) is 11.7. The molecule has 17 nitrogen and oxygen atoms in total. The van der Waals surface area contributed by atoms with Crippen molar-refractivity contribution in [2.45, 2.75) is 70.3 Å². The van der Waals surface area contributed by atoms with Gasteiger partial charge in [0.05, 0.1) is 26.7 Å². The van der Waals surface area contributed by atoms with Crippen molar-refractivity contribution in [3.05, 3.63) is 6.33 Å². The number of aliphatic hydroxyl groups is 2. The number of carbonyl (C=O) groups excluding carboxylic acids is 2. The first-order valence-corrected chi connectivity index (χ1v) is 14.5. The number of imidazole rings is 1. The molecule has 0 amide bonds. The first-order valence-electron chi connectivity index (χ1n) is 12.9. The van der Waals surface area contributed by atoms with E-state index in [0.717, 1.165) is 7.11 Å². The van der Waals surface area contributed by atoms with Gasteiger partial charge in [-0.3, -0.25) is 18.4 Å². The Balaban J connectivity index is 1.60. The maximum atomic E-state index is 13.8. The predicted octanol–water partition coefficient (Wildman–Crippen LogP) is 0.0605. The first-order chi connectivity index (χ1) is 19.2. The van der Waals surface area contributed by atoms with Gasteiger partial charge in [0.25, 0.3) is 0 Å². The second-order valence-electron chi connectivity index (χ2n) is 10.0. The first kappa shape index (κ1) is 31.0. The molecule has 2 aromatic heterocycles. The van der Waals surface area contributed by atoms with E-state index < -0.39 is 67.9 Å². The van der Waals surface area contributed by atoms with Gasteiger partial charge in [-0.05, 0) is 26.7 Å². The van der Waals surface area contributed by atoms with Gasteiger partial charge in [-0.15, -0.1) is 0 Å². The van der Waals surface area contributed by atoms with E-state index in [2.05, 4.69) is 20.0 Å². The maximum Gasteiger partial charge on any atom is 0.407 e. The molecule has 7 atom stereocenters. The molecule has 3 heterocycles. The molecule has 0 bridgehead atoms. The van der Waals surface area contributed by atoms with E-state index in [1.807, 2.05) is 0 Å². The number of hydrogen-bond donors (Lipinski definition) is 4. The molecule has 1 saturated heterocycles. The number of nitrogens with one attached hydrogen (secondary N) is 1. The molecule has 0 radical (unpaired) electrons. The average molecular weight is 603 g/mol. The fraction of sp³-hybridized carbons (Fsp3) is 0.696. The average Bonchev–Trinajstić information content (AvgIpc) is 3.16. The van der Waals surface area contributed by atoms with Gasteiger partial charge in [0.15, 0.2) is 29.6 Å². The number of fused-ring (bicyclic) bond motifs is 2. The molecule has 1 unspecified atom stereocenters. The lowest BCUT2D eigenvalue weighted by Gasteiger charge is -2.34. The van der Waals surface area contributed by atoms with Gasteiger partial charge in [0.1, 0.15) is 23.9 Å². The molecule has 0 aromatic carbocycles. The zero-order valence-electron chi connectivity index (χ0n) is 23.5. The quantitative estimate of drug-likeness (QED) is 0.175. The Bertz CT molecular complexity index is 1350. The zero-order valence-corrected chi connectivity index (χ0v) is 24.4. The molecule has 0 spiro atoms. The van der Waals surface area contributed by atoms with Crippen molar-refractivity contribution in [1.82, 2.24) is 24.6 Å². The summed E-state index contributed by atoms with van der Waals surface area (Å²) in [7, 11) is -3.38. The molecule has 5 N–H and O–H groups in total. The Morgan fingerprint density at radius 2 is 1.98 bits per heavy atom. The van der Waals surface area contributed by atoms with Crippen molar-refractivity contribution in [2.75, 3.05) is 32.7 Å². The van der Waals surface area contributed by atoms with Gasteiger partial charge in [-0.1, -0.05) is 13.8 Å². The summed E-state index contributed by atoms with van der Waals surface area (Å²) in [4.78, 5) is 36.7. The van der Waals surface area contributed by atoms with Gasteiger partial charge in [-0.2, -0.15) is 9.97 Å². The standard InChI is InChI=1S/C23H35N6O11P/c1-7-36-12(30)9-38-41(34,28-13(11(3)4)19(31)35-6)40-16-15-23(16,33)22(5,32)20(39-15)29-10-25-14-17(29)26-21(24)27-18(14)37-8-2/h10-11,13,15-16,20,32-33H,7-9H2,1-6H3,(H,28,34)(H2,24,26,27)/t13-,15+,16-,20+,22-,23-,41?/m0/s1. The van der Waals surface area contributed by atoms with Crippen LogP contribution in [0.2, 0.25) is 0 Å². The smallest absolute Gasteiger partial charge is 0.407 e. The highest BCUT2D eigenvalue weighted by molar-refractivity contribution is 7.51. The monoisotopic (exact) mass is 602 g/mol. The highest BCUT2D eigenvalue weighted by atomic mass is 31.2. The van der Waals surface area contributed by atoms with Crippen molar-refractivity contribution in [3.8, 4) is 5.88 Å². The van der Waals surface area contributed by atoms with E-state index in [4.69, 9.17) is 33.7 Å². The Morgan fingerprint density at radius 3 is 2.54 bits per heavy atom. The molecule has 2 aliphatic rings. The minimum absolute atomic E-state index is 0.0473. The van der Waals surface area contributed by atoms with Crippen LogP contribution in [0.5, 0.6) is 5.88 Å². The maximum absolute atomic E-state index is 13.8. The van der Waals surface area contributed by atoms with Crippen LogP contribution in [-0.2, 0) is 37.4 Å². The number of rotatable bonds is 13. The highest BCUT2D eigenvalue weighted by Gasteiger charge is 2.84. The summed E-state index contributed by atoms with van der Waals surface area (Å²) < 4.78 is 47.2. The number of ether oxygens (including phenoxy) is 4. The van der Waals surface area contributed by atoms with Crippen LogP contribution in [-0.4, -0.2) is 98.1 Å². The fourth-order valence-corrected chi connectivity index (χ4v) is 6.47. The van der Waals surface area contributed by atoms with Crippen LogP contribution in [0.3, 0.4) is 0 Å². The number of hydrogen-bond acceptors (Lipinski definition) is 15. The third-order valence-corrected chi connectivity index (χ3v) is 8.44. The van der Waals surface area contributed by atoms with Gasteiger partial charge < -0.3 is 34.9 Å². The fourth-order valence-electron chi connectivity index (χ4n) is 4.68. The molecule has 2 aromatic rings. The van der Waals surface area contributed by atoms with Crippen LogP contribution >= 0.6 is 7.75 Å². The Labute approximate surface area is 235 Å². The molecule has 4 rings (SSSR count). The molecule has 228 valence electrons. The highest BCUT2D eigenvalue weighted by Crippen LogP contribution is 2.65. The summed E-state index contributed by atoms with van der Waals surface area (Å²) in [6.07, 6.45) is -2.52. The van der Waals surface area contributed by atoms with Crippen molar-refractivity contribution in [1.29, 1.82) is 0 Å². The predicted molar refractivity (Wildman–Crippen MR) is 139 cm³/mol. The third kappa shape index (κ3) is 5.50. The van der Waals surface area contributed by atoms with E-state index in [0.29, 0.717) is 0 Å². The largest absolute Gasteiger partial charge is 0.476 e. The SMILES string of the molecule is CCOC(=O)COP(=O)(N[C@H](C(=O)OC)C(C)C)O[C@H]1[C@H]2O[C@@H](n3cnc4c(OCC)nc(N)nc43)[C@](C)(O)[C@]21O. The van der Waals surface area contributed by atoms with Gasteiger partial charge in [0, 0.05) is 0 Å². The van der Waals surface area contributed by atoms with E-state index in [1.165, 1.54) is 17.8 Å². The van der Waals surface area contributed by atoms with Crippen molar-refractivity contribution in [2.24, 2.45) is 5.92 Å². The third-order valence-electron chi connectivity index (χ3n) is 6.87.